The van der Waals surface area contributed by atoms with E-state index in [4.69, 9.17) is 18.9 Å². The number of amides is 1. The third-order valence-corrected chi connectivity index (χ3v) is 6.50. The molecule has 0 aliphatic heterocycles. The summed E-state index contributed by atoms with van der Waals surface area (Å²) in [5.74, 6) is 2.26. The van der Waals surface area contributed by atoms with E-state index in [1.165, 1.54) is 19.2 Å². The number of hydrogen-bond donors (Lipinski definition) is 0. The standard InChI is InChI=1S/C28H28FN3O5S/c1-32(14-13-19-7-11-22(34-2)24(15-19)35-3)27(33)20-8-12-23(25(17-20)36-4)37-28-30-26(31-38-28)16-18-5-9-21(29)10-6-18/h5-12,15,17H,13-14,16H2,1-4H3. The fourth-order valence-corrected chi connectivity index (χ4v) is 4.33. The lowest BCUT2D eigenvalue weighted by atomic mass is 10.1. The topological polar surface area (TPSA) is 83.0 Å². The minimum atomic E-state index is -0.290. The Bertz CT molecular complexity index is 1390. The second-order valence-electron chi connectivity index (χ2n) is 8.41. The summed E-state index contributed by atoms with van der Waals surface area (Å²) in [5.41, 5.74) is 2.39. The maximum Gasteiger partial charge on any atom is 0.298 e. The van der Waals surface area contributed by atoms with E-state index in [1.54, 1.807) is 56.5 Å². The van der Waals surface area contributed by atoms with E-state index in [0.717, 1.165) is 22.7 Å². The molecule has 0 radical (unpaired) electrons. The number of hydrogen-bond acceptors (Lipinski definition) is 8. The van der Waals surface area contributed by atoms with E-state index in [0.29, 0.717) is 59.0 Å². The molecule has 4 aromatic rings. The van der Waals surface area contributed by atoms with Gasteiger partial charge in [0.1, 0.15) is 5.82 Å². The van der Waals surface area contributed by atoms with Crippen molar-refractivity contribution in [3.05, 3.63) is 89.0 Å². The number of halogens is 1. The summed E-state index contributed by atoms with van der Waals surface area (Å²) in [6, 6.07) is 16.9. The van der Waals surface area contributed by atoms with Gasteiger partial charge in [-0.15, -0.1) is 0 Å². The lowest BCUT2D eigenvalue weighted by Crippen LogP contribution is -2.28. The van der Waals surface area contributed by atoms with Crippen LogP contribution in [0.3, 0.4) is 0 Å². The average Bonchev–Trinajstić information content (AvgIpc) is 3.39. The van der Waals surface area contributed by atoms with E-state index >= 15 is 0 Å². The molecule has 0 aliphatic carbocycles. The van der Waals surface area contributed by atoms with Gasteiger partial charge in [-0.2, -0.15) is 9.36 Å². The molecule has 3 aromatic carbocycles. The van der Waals surface area contributed by atoms with Gasteiger partial charge in [0.15, 0.2) is 28.8 Å². The number of nitrogens with zero attached hydrogens (tertiary/aromatic N) is 3. The molecule has 0 saturated carbocycles. The highest BCUT2D eigenvalue weighted by molar-refractivity contribution is 7.07. The quantitative estimate of drug-likeness (QED) is 0.253. The summed E-state index contributed by atoms with van der Waals surface area (Å²) in [6.07, 6.45) is 1.11. The van der Waals surface area contributed by atoms with Crippen molar-refractivity contribution in [3.8, 4) is 28.2 Å². The zero-order valence-corrected chi connectivity index (χ0v) is 22.4. The van der Waals surface area contributed by atoms with Crippen molar-refractivity contribution in [2.45, 2.75) is 12.8 Å². The SMILES string of the molecule is COc1ccc(CCN(C)C(=O)c2ccc(Oc3nc(Cc4ccc(F)cc4)ns3)c(OC)c2)cc1OC. The summed E-state index contributed by atoms with van der Waals surface area (Å²) in [4.78, 5) is 19.1. The minimum absolute atomic E-state index is 0.146. The molecular weight excluding hydrogens is 509 g/mol. The van der Waals surface area contributed by atoms with Crippen molar-refractivity contribution < 1.29 is 28.1 Å². The molecule has 0 unspecified atom stereocenters. The van der Waals surface area contributed by atoms with Crippen LogP contribution in [0.4, 0.5) is 4.39 Å². The summed E-state index contributed by atoms with van der Waals surface area (Å²) in [7, 11) is 6.45. The van der Waals surface area contributed by atoms with Gasteiger partial charge < -0.3 is 23.8 Å². The molecular formula is C28H28FN3O5S. The zero-order valence-electron chi connectivity index (χ0n) is 21.6. The molecule has 0 atom stereocenters. The number of likely N-dealkylation sites (N-methyl/N-ethyl adjacent to an activating group) is 1. The Kier molecular flexibility index (Phi) is 8.75. The first kappa shape index (κ1) is 26.9. The van der Waals surface area contributed by atoms with Gasteiger partial charge in [-0.1, -0.05) is 18.2 Å². The maximum absolute atomic E-state index is 13.1. The predicted molar refractivity (Wildman–Crippen MR) is 142 cm³/mol. The van der Waals surface area contributed by atoms with Gasteiger partial charge >= 0.3 is 0 Å². The molecule has 4 rings (SSSR count). The van der Waals surface area contributed by atoms with Crippen LogP contribution < -0.4 is 18.9 Å². The number of aromatic nitrogens is 2. The molecule has 0 saturated heterocycles. The highest BCUT2D eigenvalue weighted by Gasteiger charge is 2.17. The number of carbonyl (C=O) groups is 1. The average molecular weight is 538 g/mol. The van der Waals surface area contributed by atoms with Gasteiger partial charge in [-0.25, -0.2) is 4.39 Å². The predicted octanol–water partition coefficient (Wildman–Crippen LogP) is 5.40. The second-order valence-corrected chi connectivity index (χ2v) is 9.13. The fourth-order valence-electron chi connectivity index (χ4n) is 3.77. The van der Waals surface area contributed by atoms with Crippen LogP contribution in [0.15, 0.2) is 60.7 Å². The van der Waals surface area contributed by atoms with Crippen LogP contribution in [0.5, 0.6) is 28.2 Å². The Morgan fingerprint density at radius 3 is 2.24 bits per heavy atom. The first-order valence-electron chi connectivity index (χ1n) is 11.8. The van der Waals surface area contributed by atoms with Gasteiger partial charge in [0.2, 0.25) is 0 Å². The first-order valence-corrected chi connectivity index (χ1v) is 12.6. The largest absolute Gasteiger partial charge is 0.493 e. The van der Waals surface area contributed by atoms with Crippen molar-refractivity contribution in [2.24, 2.45) is 0 Å². The molecule has 1 aromatic heterocycles. The Balaban J connectivity index is 1.39. The van der Waals surface area contributed by atoms with Crippen molar-refractivity contribution in [3.63, 3.8) is 0 Å². The molecule has 1 heterocycles. The van der Waals surface area contributed by atoms with Gasteiger partial charge in [0.25, 0.3) is 11.1 Å². The Morgan fingerprint density at radius 2 is 1.53 bits per heavy atom. The molecule has 8 nitrogen and oxygen atoms in total. The van der Waals surface area contributed by atoms with Crippen molar-refractivity contribution in [2.75, 3.05) is 34.9 Å². The van der Waals surface area contributed by atoms with Crippen molar-refractivity contribution in [1.82, 2.24) is 14.3 Å². The zero-order chi connectivity index (χ0) is 27.1. The van der Waals surface area contributed by atoms with Crippen LogP contribution >= 0.6 is 11.5 Å². The normalized spacial score (nSPS) is 10.7. The summed E-state index contributed by atoms with van der Waals surface area (Å²) in [6.45, 7) is 0.510. The molecule has 38 heavy (non-hydrogen) atoms. The summed E-state index contributed by atoms with van der Waals surface area (Å²) in [5, 5.41) is 0.339. The van der Waals surface area contributed by atoms with Gasteiger partial charge in [-0.05, 0) is 60.0 Å². The fraction of sp³-hybridized carbons (Fsp3) is 0.250. The second kappa shape index (κ2) is 12.4. The molecule has 0 fully saturated rings. The third-order valence-electron chi connectivity index (χ3n) is 5.86. The summed E-state index contributed by atoms with van der Waals surface area (Å²) < 4.78 is 39.5. The number of carbonyl (C=O) groups excluding carboxylic acids is 1. The van der Waals surface area contributed by atoms with Crippen molar-refractivity contribution in [1.29, 1.82) is 0 Å². The minimum Gasteiger partial charge on any atom is -0.493 e. The first-order chi connectivity index (χ1) is 18.4. The lowest BCUT2D eigenvalue weighted by molar-refractivity contribution is 0.0796. The van der Waals surface area contributed by atoms with Crippen LogP contribution in [0.1, 0.15) is 27.3 Å². The number of benzene rings is 3. The van der Waals surface area contributed by atoms with Crippen molar-refractivity contribution >= 4 is 17.4 Å². The smallest absolute Gasteiger partial charge is 0.298 e. The molecule has 0 N–H and O–H groups in total. The maximum atomic E-state index is 13.1. The number of ether oxygens (including phenoxy) is 4. The van der Waals surface area contributed by atoms with E-state index in [1.807, 2.05) is 18.2 Å². The van der Waals surface area contributed by atoms with E-state index < -0.39 is 0 Å². The molecule has 0 spiro atoms. The molecule has 1 amide bonds. The number of methoxy groups -OCH3 is 3. The van der Waals surface area contributed by atoms with E-state index in [2.05, 4.69) is 9.36 Å². The van der Waals surface area contributed by atoms with Crippen LogP contribution in [0.25, 0.3) is 0 Å². The number of rotatable bonds is 11. The highest BCUT2D eigenvalue weighted by atomic mass is 32.1. The third kappa shape index (κ3) is 6.57. The molecule has 0 bridgehead atoms. The molecule has 0 aliphatic rings. The Morgan fingerprint density at radius 1 is 0.868 bits per heavy atom. The summed E-state index contributed by atoms with van der Waals surface area (Å²) >= 11 is 1.11. The van der Waals surface area contributed by atoms with E-state index in [-0.39, 0.29) is 11.7 Å². The van der Waals surface area contributed by atoms with Gasteiger partial charge in [0.05, 0.1) is 21.3 Å². The molecule has 10 heteroatoms. The van der Waals surface area contributed by atoms with Gasteiger partial charge in [-0.3, -0.25) is 4.79 Å². The Labute approximate surface area is 224 Å². The molecule has 198 valence electrons. The van der Waals surface area contributed by atoms with Crippen LogP contribution in [-0.4, -0.2) is 55.1 Å². The lowest BCUT2D eigenvalue weighted by Gasteiger charge is -2.18. The Hall–Kier alpha value is -4.18. The van der Waals surface area contributed by atoms with Crippen LogP contribution in [0, 0.1) is 5.82 Å². The van der Waals surface area contributed by atoms with E-state index in [9.17, 15) is 9.18 Å². The monoisotopic (exact) mass is 537 g/mol. The van der Waals surface area contributed by atoms with Crippen LogP contribution in [0.2, 0.25) is 0 Å². The van der Waals surface area contributed by atoms with Gasteiger partial charge in [0, 0.05) is 37.1 Å². The van der Waals surface area contributed by atoms with Crippen LogP contribution in [-0.2, 0) is 12.8 Å². The highest BCUT2D eigenvalue weighted by Crippen LogP contribution is 2.33.